The van der Waals surface area contributed by atoms with Gasteiger partial charge in [0.15, 0.2) is 0 Å². The van der Waals surface area contributed by atoms with Gasteiger partial charge in [0, 0.05) is 42.4 Å². The largest absolute Gasteiger partial charge is 0.384 e. The van der Waals surface area contributed by atoms with Gasteiger partial charge in [-0.25, -0.2) is 0 Å². The first-order chi connectivity index (χ1) is 11.3. The molecule has 116 valence electrons. The molecule has 2 aromatic heterocycles. The molecule has 0 saturated carbocycles. The number of aromatic nitrogens is 2. The summed E-state index contributed by atoms with van der Waals surface area (Å²) < 4.78 is 0. The summed E-state index contributed by atoms with van der Waals surface area (Å²) >= 11 is 0. The summed E-state index contributed by atoms with van der Waals surface area (Å²) in [4.78, 5) is 8.70. The van der Waals surface area contributed by atoms with E-state index in [9.17, 15) is 0 Å². The van der Waals surface area contributed by atoms with E-state index in [1.807, 2.05) is 30.7 Å². The lowest BCUT2D eigenvalue weighted by atomic mass is 9.95. The summed E-state index contributed by atoms with van der Waals surface area (Å²) in [5.74, 6) is 0.325. The molecule has 2 heterocycles. The highest BCUT2D eigenvalue weighted by Crippen LogP contribution is 2.21. The minimum Gasteiger partial charge on any atom is -0.384 e. The van der Waals surface area contributed by atoms with Crippen molar-refractivity contribution in [3.8, 4) is 0 Å². The average Bonchev–Trinajstić information content (AvgIpc) is 2.61. The Kier molecular flexibility index (Phi) is 4.99. The second-order valence-electron chi connectivity index (χ2n) is 5.71. The summed E-state index contributed by atoms with van der Waals surface area (Å²) in [7, 11) is 0. The Labute approximate surface area is 137 Å². The average molecular weight is 303 g/mol. The molecule has 23 heavy (non-hydrogen) atoms. The zero-order valence-corrected chi connectivity index (χ0v) is 13.3. The Morgan fingerprint density at radius 3 is 2.52 bits per heavy atom. The minimum absolute atomic E-state index is 0.325. The molecule has 0 aliphatic heterocycles. The van der Waals surface area contributed by atoms with Gasteiger partial charge in [0.25, 0.3) is 0 Å². The first-order valence-corrected chi connectivity index (χ1v) is 7.92. The summed E-state index contributed by atoms with van der Waals surface area (Å²) in [5.41, 5.74) is 4.74. The highest BCUT2D eigenvalue weighted by molar-refractivity contribution is 5.48. The SMILES string of the molecule is Cc1cnccc1NCC(Cc1ccccc1)c1ccccn1. The molecule has 0 fully saturated rings. The fourth-order valence-corrected chi connectivity index (χ4v) is 2.70. The Morgan fingerprint density at radius 2 is 1.78 bits per heavy atom. The van der Waals surface area contributed by atoms with E-state index in [1.165, 1.54) is 5.56 Å². The van der Waals surface area contributed by atoms with Gasteiger partial charge in [-0.1, -0.05) is 36.4 Å². The minimum atomic E-state index is 0.325. The smallest absolute Gasteiger partial charge is 0.0455 e. The molecule has 1 aromatic carbocycles. The van der Waals surface area contributed by atoms with Crippen LogP contribution in [-0.4, -0.2) is 16.5 Å². The number of hydrogen-bond donors (Lipinski definition) is 1. The van der Waals surface area contributed by atoms with Gasteiger partial charge in [-0.3, -0.25) is 9.97 Å². The molecule has 3 heteroatoms. The Morgan fingerprint density at radius 1 is 0.957 bits per heavy atom. The van der Waals surface area contributed by atoms with E-state index in [0.717, 1.165) is 29.9 Å². The lowest BCUT2D eigenvalue weighted by molar-refractivity contribution is 0.693. The number of benzene rings is 1. The fourth-order valence-electron chi connectivity index (χ4n) is 2.70. The monoisotopic (exact) mass is 303 g/mol. The number of aryl methyl sites for hydroxylation is 1. The molecule has 3 nitrogen and oxygen atoms in total. The van der Waals surface area contributed by atoms with Crippen LogP contribution in [0, 0.1) is 6.92 Å². The van der Waals surface area contributed by atoms with Crippen LogP contribution in [0.15, 0.2) is 73.2 Å². The summed E-state index contributed by atoms with van der Waals surface area (Å²) in [5, 5.41) is 3.55. The quantitative estimate of drug-likeness (QED) is 0.741. The van der Waals surface area contributed by atoms with Crippen molar-refractivity contribution in [3.05, 3.63) is 90.0 Å². The molecule has 1 unspecified atom stereocenters. The van der Waals surface area contributed by atoms with Crippen LogP contribution in [0.1, 0.15) is 22.7 Å². The molecule has 3 rings (SSSR count). The molecule has 0 bridgehead atoms. The zero-order valence-electron chi connectivity index (χ0n) is 13.3. The lowest BCUT2D eigenvalue weighted by Gasteiger charge is -2.19. The maximum Gasteiger partial charge on any atom is 0.0455 e. The van der Waals surface area contributed by atoms with Crippen molar-refractivity contribution in [2.24, 2.45) is 0 Å². The molecule has 0 radical (unpaired) electrons. The molecule has 0 aliphatic carbocycles. The van der Waals surface area contributed by atoms with Crippen molar-refractivity contribution in [2.75, 3.05) is 11.9 Å². The van der Waals surface area contributed by atoms with E-state index >= 15 is 0 Å². The van der Waals surface area contributed by atoms with Crippen LogP contribution in [0.3, 0.4) is 0 Å². The summed E-state index contributed by atoms with van der Waals surface area (Å²) in [6.07, 6.45) is 6.54. The Bertz CT molecular complexity index is 726. The number of pyridine rings is 2. The topological polar surface area (TPSA) is 37.8 Å². The summed E-state index contributed by atoms with van der Waals surface area (Å²) in [6, 6.07) is 18.7. The van der Waals surface area contributed by atoms with Crippen molar-refractivity contribution in [1.29, 1.82) is 0 Å². The second kappa shape index (κ2) is 7.54. The molecule has 1 atom stereocenters. The molecule has 0 saturated heterocycles. The van der Waals surface area contributed by atoms with Crippen molar-refractivity contribution >= 4 is 5.69 Å². The molecule has 0 amide bonds. The number of nitrogens with one attached hydrogen (secondary N) is 1. The normalized spacial score (nSPS) is 11.9. The maximum absolute atomic E-state index is 4.56. The van der Waals surface area contributed by atoms with Crippen LogP contribution in [0.5, 0.6) is 0 Å². The highest BCUT2D eigenvalue weighted by Gasteiger charge is 2.14. The predicted molar refractivity (Wildman–Crippen MR) is 94.6 cm³/mol. The van der Waals surface area contributed by atoms with E-state index in [-0.39, 0.29) is 0 Å². The fraction of sp³-hybridized carbons (Fsp3) is 0.200. The molecule has 3 aromatic rings. The van der Waals surface area contributed by atoms with E-state index in [2.05, 4.69) is 64.7 Å². The lowest BCUT2D eigenvalue weighted by Crippen LogP contribution is -2.16. The zero-order chi connectivity index (χ0) is 15.9. The third-order valence-corrected chi connectivity index (χ3v) is 3.99. The van der Waals surface area contributed by atoms with E-state index < -0.39 is 0 Å². The molecular weight excluding hydrogens is 282 g/mol. The number of rotatable bonds is 6. The highest BCUT2D eigenvalue weighted by atomic mass is 14.9. The van der Waals surface area contributed by atoms with Crippen LogP contribution in [0.2, 0.25) is 0 Å². The van der Waals surface area contributed by atoms with Crippen LogP contribution in [0.25, 0.3) is 0 Å². The van der Waals surface area contributed by atoms with E-state index in [1.54, 1.807) is 0 Å². The third kappa shape index (κ3) is 4.16. The predicted octanol–water partition coefficient (Wildman–Crippen LogP) is 4.22. The number of nitrogens with zero attached hydrogens (tertiary/aromatic N) is 2. The van der Waals surface area contributed by atoms with Crippen molar-refractivity contribution in [2.45, 2.75) is 19.3 Å². The van der Waals surface area contributed by atoms with Gasteiger partial charge in [-0.15, -0.1) is 0 Å². The first kappa shape index (κ1) is 15.2. The standard InChI is InChI=1S/C20H21N3/c1-16-14-21-12-10-19(16)23-15-18(20-9-5-6-11-22-20)13-17-7-3-2-4-8-17/h2-12,14,18H,13,15H2,1H3,(H,21,23). The van der Waals surface area contributed by atoms with Gasteiger partial charge in [-0.05, 0) is 42.7 Å². The summed E-state index contributed by atoms with van der Waals surface area (Å²) in [6.45, 7) is 2.92. The third-order valence-electron chi connectivity index (χ3n) is 3.99. The maximum atomic E-state index is 4.56. The van der Waals surface area contributed by atoms with Gasteiger partial charge in [0.05, 0.1) is 0 Å². The molecule has 0 aliphatic rings. The first-order valence-electron chi connectivity index (χ1n) is 7.92. The van der Waals surface area contributed by atoms with E-state index in [4.69, 9.17) is 0 Å². The van der Waals surface area contributed by atoms with Gasteiger partial charge in [0.1, 0.15) is 0 Å². The Balaban J connectivity index is 1.77. The van der Waals surface area contributed by atoms with Crippen LogP contribution in [-0.2, 0) is 6.42 Å². The van der Waals surface area contributed by atoms with Crippen molar-refractivity contribution < 1.29 is 0 Å². The van der Waals surface area contributed by atoms with Crippen molar-refractivity contribution in [3.63, 3.8) is 0 Å². The van der Waals surface area contributed by atoms with Gasteiger partial charge in [-0.2, -0.15) is 0 Å². The van der Waals surface area contributed by atoms with Crippen LogP contribution in [0.4, 0.5) is 5.69 Å². The second-order valence-corrected chi connectivity index (χ2v) is 5.71. The van der Waals surface area contributed by atoms with E-state index in [0.29, 0.717) is 5.92 Å². The molecule has 1 N–H and O–H groups in total. The van der Waals surface area contributed by atoms with Gasteiger partial charge in [0.2, 0.25) is 0 Å². The van der Waals surface area contributed by atoms with Crippen molar-refractivity contribution in [1.82, 2.24) is 9.97 Å². The van der Waals surface area contributed by atoms with Gasteiger partial charge < -0.3 is 5.32 Å². The van der Waals surface area contributed by atoms with Gasteiger partial charge >= 0.3 is 0 Å². The molecular formula is C20H21N3. The van der Waals surface area contributed by atoms with Crippen LogP contribution < -0.4 is 5.32 Å². The number of hydrogen-bond acceptors (Lipinski definition) is 3. The molecule has 0 spiro atoms. The Hall–Kier alpha value is -2.68. The number of anilines is 1. The van der Waals surface area contributed by atoms with Crippen LogP contribution >= 0.6 is 0 Å².